The minimum absolute atomic E-state index is 0.0829. The first-order chi connectivity index (χ1) is 7.08. The molecule has 1 aliphatic rings. The van der Waals surface area contributed by atoms with E-state index < -0.39 is 5.97 Å². The van der Waals surface area contributed by atoms with Crippen LogP contribution in [0.1, 0.15) is 52.4 Å². The monoisotopic (exact) mass is 214 g/mol. The van der Waals surface area contributed by atoms with Crippen LogP contribution in [0.25, 0.3) is 0 Å². The Kier molecular flexibility index (Phi) is 5.09. The first-order valence-electron chi connectivity index (χ1n) is 5.95. The second-order valence-corrected chi connectivity index (χ2v) is 4.76. The highest BCUT2D eigenvalue weighted by Crippen LogP contribution is 2.26. The smallest absolute Gasteiger partial charge is 0.303 e. The standard InChI is InChI=1S/C12H22O3/c1-9-3-6-11(7-4-9)15-10(2)5-8-12(13)14/h9-11H,3-8H2,1-2H3,(H,13,14). The molecule has 1 saturated carbocycles. The second kappa shape index (κ2) is 6.11. The molecule has 1 unspecified atom stereocenters. The number of hydrogen-bond acceptors (Lipinski definition) is 2. The largest absolute Gasteiger partial charge is 0.481 e. The Labute approximate surface area is 91.8 Å². The second-order valence-electron chi connectivity index (χ2n) is 4.76. The number of ether oxygens (including phenoxy) is 1. The maximum atomic E-state index is 10.4. The van der Waals surface area contributed by atoms with E-state index in [2.05, 4.69) is 6.92 Å². The van der Waals surface area contributed by atoms with Gasteiger partial charge in [0.15, 0.2) is 0 Å². The molecular weight excluding hydrogens is 192 g/mol. The molecule has 3 heteroatoms. The van der Waals surface area contributed by atoms with Gasteiger partial charge in [-0.2, -0.15) is 0 Å². The van der Waals surface area contributed by atoms with Crippen LogP contribution in [0.2, 0.25) is 0 Å². The molecule has 0 bridgehead atoms. The normalized spacial score (nSPS) is 28.7. The number of hydrogen-bond donors (Lipinski definition) is 1. The SMILES string of the molecule is CC1CCC(OC(C)CCC(=O)O)CC1. The van der Waals surface area contributed by atoms with Gasteiger partial charge in [0, 0.05) is 6.42 Å². The molecule has 1 atom stereocenters. The maximum Gasteiger partial charge on any atom is 0.303 e. The number of aliphatic carboxylic acids is 1. The summed E-state index contributed by atoms with van der Waals surface area (Å²) in [5.41, 5.74) is 0. The average Bonchev–Trinajstić information content (AvgIpc) is 2.19. The summed E-state index contributed by atoms with van der Waals surface area (Å²) in [6, 6.07) is 0. The Bertz CT molecular complexity index is 195. The van der Waals surface area contributed by atoms with E-state index in [1.807, 2.05) is 6.92 Å². The minimum atomic E-state index is -0.734. The van der Waals surface area contributed by atoms with Crippen molar-refractivity contribution in [2.45, 2.75) is 64.6 Å². The van der Waals surface area contributed by atoms with Crippen LogP contribution in [-0.2, 0) is 9.53 Å². The summed E-state index contributed by atoms with van der Waals surface area (Å²) in [4.78, 5) is 10.4. The van der Waals surface area contributed by atoms with Crippen molar-refractivity contribution in [3.63, 3.8) is 0 Å². The molecular formula is C12H22O3. The van der Waals surface area contributed by atoms with E-state index in [0.717, 1.165) is 18.8 Å². The Morgan fingerprint density at radius 1 is 1.40 bits per heavy atom. The average molecular weight is 214 g/mol. The molecule has 1 N–H and O–H groups in total. The summed E-state index contributed by atoms with van der Waals surface area (Å²) in [6.07, 6.45) is 6.06. The molecule has 0 aromatic rings. The van der Waals surface area contributed by atoms with Gasteiger partial charge in [-0.15, -0.1) is 0 Å². The van der Waals surface area contributed by atoms with Crippen LogP contribution in [0.15, 0.2) is 0 Å². The number of carboxylic acid groups (broad SMARTS) is 1. The molecule has 0 radical (unpaired) electrons. The Hall–Kier alpha value is -0.570. The lowest BCUT2D eigenvalue weighted by atomic mass is 9.89. The quantitative estimate of drug-likeness (QED) is 0.765. The molecule has 1 aliphatic carbocycles. The molecule has 0 aromatic carbocycles. The van der Waals surface area contributed by atoms with E-state index in [-0.39, 0.29) is 12.5 Å². The van der Waals surface area contributed by atoms with Gasteiger partial charge >= 0.3 is 5.97 Å². The molecule has 0 spiro atoms. The van der Waals surface area contributed by atoms with Gasteiger partial charge in [-0.25, -0.2) is 0 Å². The minimum Gasteiger partial charge on any atom is -0.481 e. The summed E-state index contributed by atoms with van der Waals surface area (Å²) in [5, 5.41) is 8.55. The molecule has 0 heterocycles. The lowest BCUT2D eigenvalue weighted by Crippen LogP contribution is -2.25. The van der Waals surface area contributed by atoms with Crippen LogP contribution in [0.5, 0.6) is 0 Å². The molecule has 1 fully saturated rings. The van der Waals surface area contributed by atoms with Crippen molar-refractivity contribution in [3.8, 4) is 0 Å². The van der Waals surface area contributed by atoms with Crippen LogP contribution in [0.4, 0.5) is 0 Å². The fourth-order valence-electron chi connectivity index (χ4n) is 2.09. The fourth-order valence-corrected chi connectivity index (χ4v) is 2.09. The summed E-state index contributed by atoms with van der Waals surface area (Å²) in [6.45, 7) is 4.26. The van der Waals surface area contributed by atoms with Crippen LogP contribution in [-0.4, -0.2) is 23.3 Å². The van der Waals surface area contributed by atoms with Crippen molar-refractivity contribution in [3.05, 3.63) is 0 Å². The first kappa shape index (κ1) is 12.5. The van der Waals surface area contributed by atoms with E-state index in [0.29, 0.717) is 12.5 Å². The Morgan fingerprint density at radius 2 is 2.00 bits per heavy atom. The van der Waals surface area contributed by atoms with E-state index >= 15 is 0 Å². The molecule has 0 aliphatic heterocycles. The molecule has 88 valence electrons. The number of carboxylic acids is 1. The Morgan fingerprint density at radius 3 is 2.53 bits per heavy atom. The van der Waals surface area contributed by atoms with Crippen LogP contribution >= 0.6 is 0 Å². The molecule has 0 saturated heterocycles. The third-order valence-corrected chi connectivity index (χ3v) is 3.15. The molecule has 0 amide bonds. The van der Waals surface area contributed by atoms with E-state index in [1.165, 1.54) is 12.8 Å². The van der Waals surface area contributed by atoms with E-state index in [1.54, 1.807) is 0 Å². The predicted molar refractivity (Wildman–Crippen MR) is 58.8 cm³/mol. The molecule has 3 nitrogen and oxygen atoms in total. The van der Waals surface area contributed by atoms with Gasteiger partial charge in [0.2, 0.25) is 0 Å². The number of carbonyl (C=O) groups is 1. The summed E-state index contributed by atoms with van der Waals surface area (Å²) < 4.78 is 5.83. The third kappa shape index (κ3) is 5.17. The van der Waals surface area contributed by atoms with Gasteiger partial charge in [-0.05, 0) is 44.9 Å². The lowest BCUT2D eigenvalue weighted by Gasteiger charge is -2.28. The van der Waals surface area contributed by atoms with Crippen molar-refractivity contribution < 1.29 is 14.6 Å². The van der Waals surface area contributed by atoms with Crippen molar-refractivity contribution in [1.29, 1.82) is 0 Å². The van der Waals surface area contributed by atoms with Crippen LogP contribution in [0.3, 0.4) is 0 Å². The maximum absolute atomic E-state index is 10.4. The van der Waals surface area contributed by atoms with Crippen LogP contribution in [0, 0.1) is 5.92 Å². The van der Waals surface area contributed by atoms with E-state index in [4.69, 9.17) is 9.84 Å². The third-order valence-electron chi connectivity index (χ3n) is 3.15. The zero-order chi connectivity index (χ0) is 11.3. The fraction of sp³-hybridized carbons (Fsp3) is 0.917. The first-order valence-corrected chi connectivity index (χ1v) is 5.95. The van der Waals surface area contributed by atoms with Gasteiger partial charge in [0.05, 0.1) is 12.2 Å². The molecule has 0 aromatic heterocycles. The van der Waals surface area contributed by atoms with Crippen molar-refractivity contribution in [1.82, 2.24) is 0 Å². The zero-order valence-electron chi connectivity index (χ0n) is 9.74. The van der Waals surface area contributed by atoms with Gasteiger partial charge < -0.3 is 9.84 Å². The summed E-state index contributed by atoms with van der Waals surface area (Å²) >= 11 is 0. The van der Waals surface area contributed by atoms with Gasteiger partial charge in [-0.3, -0.25) is 4.79 Å². The van der Waals surface area contributed by atoms with Crippen molar-refractivity contribution >= 4 is 5.97 Å². The highest BCUT2D eigenvalue weighted by Gasteiger charge is 2.20. The lowest BCUT2D eigenvalue weighted by molar-refractivity contribution is -0.138. The predicted octanol–water partition coefficient (Wildman–Crippen LogP) is 2.84. The summed E-state index contributed by atoms with van der Waals surface area (Å²) in [7, 11) is 0. The zero-order valence-corrected chi connectivity index (χ0v) is 9.74. The van der Waals surface area contributed by atoms with Crippen molar-refractivity contribution in [2.75, 3.05) is 0 Å². The number of rotatable bonds is 5. The molecule has 15 heavy (non-hydrogen) atoms. The highest BCUT2D eigenvalue weighted by atomic mass is 16.5. The highest BCUT2D eigenvalue weighted by molar-refractivity contribution is 5.66. The molecule has 1 rings (SSSR count). The summed E-state index contributed by atoms with van der Waals surface area (Å²) in [5.74, 6) is 0.0990. The van der Waals surface area contributed by atoms with Gasteiger partial charge in [0.25, 0.3) is 0 Å². The van der Waals surface area contributed by atoms with Gasteiger partial charge in [-0.1, -0.05) is 6.92 Å². The van der Waals surface area contributed by atoms with E-state index in [9.17, 15) is 4.79 Å². The van der Waals surface area contributed by atoms with Gasteiger partial charge in [0.1, 0.15) is 0 Å². The topological polar surface area (TPSA) is 46.5 Å². The van der Waals surface area contributed by atoms with Crippen LogP contribution < -0.4 is 0 Å². The van der Waals surface area contributed by atoms with Crippen molar-refractivity contribution in [2.24, 2.45) is 5.92 Å². The Balaban J connectivity index is 2.14.